The molecule has 0 spiro atoms. The zero-order valence-electron chi connectivity index (χ0n) is 13.9. The first-order valence-corrected chi connectivity index (χ1v) is 8.11. The number of fused-ring (bicyclic) bond motifs is 4. The number of aryl methyl sites for hydroxylation is 1. The Morgan fingerprint density at radius 3 is 2.48 bits per heavy atom. The van der Waals surface area contributed by atoms with Gasteiger partial charge in [-0.3, -0.25) is 9.59 Å². The molecule has 0 aromatic heterocycles. The van der Waals surface area contributed by atoms with Gasteiger partial charge in [-0.2, -0.15) is 0 Å². The fourth-order valence-corrected chi connectivity index (χ4v) is 3.51. The summed E-state index contributed by atoms with van der Waals surface area (Å²) >= 11 is 0. The fraction of sp³-hybridized carbons (Fsp3) is 0.143. The van der Waals surface area contributed by atoms with Gasteiger partial charge in [0.1, 0.15) is 11.5 Å². The number of phenols is 1. The summed E-state index contributed by atoms with van der Waals surface area (Å²) in [6, 6.07) is 12.2. The minimum Gasteiger partial charge on any atom is -0.507 e. The highest BCUT2D eigenvalue weighted by molar-refractivity contribution is 6.33. The molecule has 3 aromatic rings. The number of rotatable bonds is 2. The average molecular weight is 332 g/mol. The van der Waals surface area contributed by atoms with Crippen LogP contribution in [0, 0.1) is 0 Å². The van der Waals surface area contributed by atoms with Crippen molar-refractivity contribution in [3.8, 4) is 11.5 Å². The molecule has 124 valence electrons. The van der Waals surface area contributed by atoms with Crippen LogP contribution in [0.4, 0.5) is 0 Å². The quantitative estimate of drug-likeness (QED) is 0.605. The molecule has 0 unspecified atom stereocenters. The van der Waals surface area contributed by atoms with Crippen molar-refractivity contribution in [1.82, 2.24) is 0 Å². The molecule has 25 heavy (non-hydrogen) atoms. The number of ketones is 2. The van der Waals surface area contributed by atoms with E-state index in [-0.39, 0.29) is 34.0 Å². The molecular formula is C21H16O4. The third-order valence-corrected chi connectivity index (χ3v) is 4.76. The molecule has 4 rings (SSSR count). The Morgan fingerprint density at radius 1 is 0.960 bits per heavy atom. The molecule has 0 aliphatic heterocycles. The smallest absolute Gasteiger partial charge is 0.201 e. The molecule has 4 heteroatoms. The molecule has 4 nitrogen and oxygen atoms in total. The van der Waals surface area contributed by atoms with E-state index >= 15 is 0 Å². The van der Waals surface area contributed by atoms with Crippen LogP contribution in [-0.2, 0) is 6.42 Å². The fourth-order valence-electron chi connectivity index (χ4n) is 3.51. The van der Waals surface area contributed by atoms with Gasteiger partial charge >= 0.3 is 0 Å². The van der Waals surface area contributed by atoms with Crippen LogP contribution in [0.25, 0.3) is 10.8 Å². The number of hydrogen-bond acceptors (Lipinski definition) is 4. The first-order chi connectivity index (χ1) is 12.1. The van der Waals surface area contributed by atoms with E-state index in [9.17, 15) is 14.7 Å². The molecule has 0 saturated carbocycles. The van der Waals surface area contributed by atoms with Gasteiger partial charge in [0.15, 0.2) is 5.78 Å². The Kier molecular flexibility index (Phi) is 3.35. The minimum atomic E-state index is -0.388. The number of ether oxygens (including phenoxy) is 1. The molecule has 0 atom stereocenters. The van der Waals surface area contributed by atoms with E-state index in [1.54, 1.807) is 24.3 Å². The second kappa shape index (κ2) is 5.45. The van der Waals surface area contributed by atoms with Crippen LogP contribution in [0.1, 0.15) is 44.3 Å². The van der Waals surface area contributed by atoms with Gasteiger partial charge in [0, 0.05) is 11.1 Å². The van der Waals surface area contributed by atoms with E-state index in [0.29, 0.717) is 16.7 Å². The standard InChI is InChI=1S/C21H16O4/c1-3-11-7-8-13-12(9-11)10-15(22)19-18(13)20(23)14-5-4-6-16(25-2)17(14)21(19)24/h4-10,22H,3H2,1-2H3. The summed E-state index contributed by atoms with van der Waals surface area (Å²) in [7, 11) is 1.45. The van der Waals surface area contributed by atoms with Crippen LogP contribution >= 0.6 is 0 Å². The predicted octanol–water partition coefficient (Wildman–Crippen LogP) is 3.89. The highest BCUT2D eigenvalue weighted by Crippen LogP contribution is 2.40. The van der Waals surface area contributed by atoms with Gasteiger partial charge in [0.2, 0.25) is 5.78 Å². The van der Waals surface area contributed by atoms with Crippen LogP contribution in [-0.4, -0.2) is 23.8 Å². The van der Waals surface area contributed by atoms with E-state index in [4.69, 9.17) is 4.74 Å². The maximum absolute atomic E-state index is 13.1. The Balaban J connectivity index is 2.09. The number of phenolic OH excluding ortho intramolecular Hbond substituents is 1. The van der Waals surface area contributed by atoms with Gasteiger partial charge < -0.3 is 9.84 Å². The average Bonchev–Trinajstić information content (AvgIpc) is 2.63. The van der Waals surface area contributed by atoms with Crippen LogP contribution in [0.15, 0.2) is 42.5 Å². The number of carbonyl (C=O) groups is 2. The van der Waals surface area contributed by atoms with Gasteiger partial charge in [0.25, 0.3) is 0 Å². The van der Waals surface area contributed by atoms with E-state index < -0.39 is 0 Å². The Morgan fingerprint density at radius 2 is 1.76 bits per heavy atom. The summed E-state index contributed by atoms with van der Waals surface area (Å²) < 4.78 is 5.25. The second-order valence-corrected chi connectivity index (χ2v) is 6.10. The van der Waals surface area contributed by atoms with Crippen molar-refractivity contribution < 1.29 is 19.4 Å². The van der Waals surface area contributed by atoms with Crippen molar-refractivity contribution in [2.45, 2.75) is 13.3 Å². The summed E-state index contributed by atoms with van der Waals surface area (Å²) in [6.45, 7) is 2.04. The summed E-state index contributed by atoms with van der Waals surface area (Å²) in [6.07, 6.45) is 0.848. The molecule has 0 bridgehead atoms. The summed E-state index contributed by atoms with van der Waals surface area (Å²) in [5, 5.41) is 11.9. The monoisotopic (exact) mass is 332 g/mol. The largest absolute Gasteiger partial charge is 0.507 e. The van der Waals surface area contributed by atoms with Gasteiger partial charge in [0.05, 0.1) is 18.2 Å². The summed E-state index contributed by atoms with van der Waals surface area (Å²) in [5.41, 5.74) is 1.94. The van der Waals surface area contributed by atoms with Crippen molar-refractivity contribution in [1.29, 1.82) is 0 Å². The number of hydrogen-bond donors (Lipinski definition) is 1. The Labute approximate surface area is 144 Å². The molecule has 1 aliphatic carbocycles. The van der Waals surface area contributed by atoms with E-state index in [0.717, 1.165) is 17.4 Å². The minimum absolute atomic E-state index is 0.0544. The van der Waals surface area contributed by atoms with Gasteiger partial charge in [-0.15, -0.1) is 0 Å². The van der Waals surface area contributed by atoms with Crippen LogP contribution in [0.5, 0.6) is 11.5 Å². The predicted molar refractivity (Wildman–Crippen MR) is 94.8 cm³/mol. The Hall–Kier alpha value is -3.14. The molecule has 1 aliphatic rings. The normalized spacial score (nSPS) is 12.9. The molecule has 0 radical (unpaired) electrons. The van der Waals surface area contributed by atoms with Crippen LogP contribution in [0.2, 0.25) is 0 Å². The molecule has 3 aromatic carbocycles. The zero-order chi connectivity index (χ0) is 17.7. The lowest BCUT2D eigenvalue weighted by Gasteiger charge is -2.22. The molecular weight excluding hydrogens is 316 g/mol. The van der Waals surface area contributed by atoms with Crippen molar-refractivity contribution in [2.24, 2.45) is 0 Å². The number of benzene rings is 3. The van der Waals surface area contributed by atoms with E-state index in [1.807, 2.05) is 25.1 Å². The molecule has 1 N–H and O–H groups in total. The number of carbonyl (C=O) groups excluding carboxylic acids is 2. The van der Waals surface area contributed by atoms with Gasteiger partial charge in [-0.1, -0.05) is 37.3 Å². The lowest BCUT2D eigenvalue weighted by atomic mass is 9.80. The topological polar surface area (TPSA) is 63.6 Å². The first-order valence-electron chi connectivity index (χ1n) is 8.11. The van der Waals surface area contributed by atoms with Crippen molar-refractivity contribution in [3.05, 3.63) is 70.3 Å². The lowest BCUT2D eigenvalue weighted by molar-refractivity contribution is 0.0975. The first kappa shape index (κ1) is 15.4. The van der Waals surface area contributed by atoms with E-state index in [2.05, 4.69) is 0 Å². The van der Waals surface area contributed by atoms with E-state index in [1.165, 1.54) is 7.11 Å². The highest BCUT2D eigenvalue weighted by atomic mass is 16.5. The third-order valence-electron chi connectivity index (χ3n) is 4.76. The van der Waals surface area contributed by atoms with Crippen molar-refractivity contribution in [2.75, 3.05) is 7.11 Å². The SMILES string of the molecule is CCc1ccc2c3c(c(O)cc2c1)C(=O)c1c(OC)cccc1C3=O. The summed E-state index contributed by atoms with van der Waals surface area (Å²) in [4.78, 5) is 26.2. The maximum atomic E-state index is 13.1. The van der Waals surface area contributed by atoms with Gasteiger partial charge in [-0.25, -0.2) is 0 Å². The molecule has 0 saturated heterocycles. The van der Waals surface area contributed by atoms with Crippen molar-refractivity contribution in [3.63, 3.8) is 0 Å². The maximum Gasteiger partial charge on any atom is 0.201 e. The molecule has 0 fully saturated rings. The highest BCUT2D eigenvalue weighted by Gasteiger charge is 2.35. The van der Waals surface area contributed by atoms with Gasteiger partial charge in [-0.05, 0) is 34.9 Å². The second-order valence-electron chi connectivity index (χ2n) is 6.10. The third kappa shape index (κ3) is 2.07. The lowest BCUT2D eigenvalue weighted by Crippen LogP contribution is -2.22. The molecule has 0 amide bonds. The zero-order valence-corrected chi connectivity index (χ0v) is 13.9. The molecule has 0 heterocycles. The van der Waals surface area contributed by atoms with Crippen molar-refractivity contribution >= 4 is 22.3 Å². The van der Waals surface area contributed by atoms with Crippen LogP contribution < -0.4 is 4.74 Å². The van der Waals surface area contributed by atoms with Crippen LogP contribution in [0.3, 0.4) is 0 Å². The number of methoxy groups -OCH3 is 1. The number of aromatic hydroxyl groups is 1. The Bertz CT molecular complexity index is 1060. The summed E-state index contributed by atoms with van der Waals surface area (Å²) in [5.74, 6) is -0.498.